The lowest BCUT2D eigenvalue weighted by Crippen LogP contribution is -2.41. The molecule has 8 heteroatoms. The van der Waals surface area contributed by atoms with E-state index >= 15 is 0 Å². The average Bonchev–Trinajstić information content (AvgIpc) is 2.46. The molecule has 0 unspecified atom stereocenters. The van der Waals surface area contributed by atoms with E-state index in [0.717, 1.165) is 0 Å². The van der Waals surface area contributed by atoms with Crippen LogP contribution >= 0.6 is 23.2 Å². The Hall–Kier alpha value is -1.37. The molecule has 1 atom stereocenters. The van der Waals surface area contributed by atoms with E-state index in [-0.39, 0.29) is 36.0 Å². The van der Waals surface area contributed by atoms with Crippen molar-refractivity contribution in [3.8, 4) is 0 Å². The summed E-state index contributed by atoms with van der Waals surface area (Å²) in [6.07, 6.45) is 0. The monoisotopic (exact) mass is 349 g/mol. The van der Waals surface area contributed by atoms with Gasteiger partial charge in [0.15, 0.2) is 0 Å². The number of hydrogen-bond donors (Lipinski definition) is 3. The average molecular weight is 350 g/mol. The highest BCUT2D eigenvalue weighted by atomic mass is 35.5. The molecule has 0 aliphatic heterocycles. The van der Waals surface area contributed by atoms with E-state index in [1.165, 1.54) is 12.1 Å². The molecule has 5 nitrogen and oxygen atoms in total. The van der Waals surface area contributed by atoms with Crippen LogP contribution in [0.2, 0.25) is 10.0 Å². The van der Waals surface area contributed by atoms with Crippen LogP contribution in [0.1, 0.15) is 25.5 Å². The maximum absolute atomic E-state index is 13.5. The third-order valence-electron chi connectivity index (χ3n) is 2.89. The topological polar surface area (TPSA) is 70.2 Å². The first-order chi connectivity index (χ1) is 10.3. The van der Waals surface area contributed by atoms with Crippen molar-refractivity contribution in [2.45, 2.75) is 19.9 Å². The van der Waals surface area contributed by atoms with Gasteiger partial charge in [-0.2, -0.15) is 0 Å². The van der Waals surface area contributed by atoms with E-state index in [1.807, 2.05) is 0 Å². The van der Waals surface area contributed by atoms with Crippen molar-refractivity contribution >= 4 is 35.0 Å². The van der Waals surface area contributed by atoms with Gasteiger partial charge in [-0.1, -0.05) is 23.2 Å². The molecule has 22 heavy (non-hydrogen) atoms. The minimum atomic E-state index is -0.574. The minimum Gasteiger partial charge on any atom is -0.355 e. The molecule has 1 aromatic rings. The first-order valence-electron chi connectivity index (χ1n) is 6.76. The summed E-state index contributed by atoms with van der Waals surface area (Å²) in [5.41, 5.74) is 0.500. The molecule has 0 fully saturated rings. The van der Waals surface area contributed by atoms with Gasteiger partial charge in [0, 0.05) is 17.6 Å². The molecule has 3 N–H and O–H groups in total. The van der Waals surface area contributed by atoms with E-state index in [4.69, 9.17) is 23.2 Å². The molecule has 1 rings (SSSR count). The molecule has 0 heterocycles. The Morgan fingerprint density at radius 1 is 1.14 bits per heavy atom. The fourth-order valence-corrected chi connectivity index (χ4v) is 2.27. The highest BCUT2D eigenvalue weighted by Crippen LogP contribution is 2.28. The van der Waals surface area contributed by atoms with Gasteiger partial charge in [0.1, 0.15) is 5.82 Å². The first kappa shape index (κ1) is 18.7. The lowest BCUT2D eigenvalue weighted by Gasteiger charge is -2.16. The zero-order chi connectivity index (χ0) is 16.7. The summed E-state index contributed by atoms with van der Waals surface area (Å²) >= 11 is 11.6. The van der Waals surface area contributed by atoms with Crippen molar-refractivity contribution in [2.75, 3.05) is 19.6 Å². The van der Waals surface area contributed by atoms with Crippen molar-refractivity contribution < 1.29 is 14.0 Å². The zero-order valence-electron chi connectivity index (χ0n) is 12.3. The molecule has 0 saturated carbocycles. The van der Waals surface area contributed by atoms with Crippen LogP contribution in [0.5, 0.6) is 0 Å². The Balaban J connectivity index is 2.49. The summed E-state index contributed by atoms with van der Waals surface area (Å²) < 4.78 is 13.5. The molecule has 0 radical (unpaired) electrons. The van der Waals surface area contributed by atoms with Crippen molar-refractivity contribution in [3.63, 3.8) is 0 Å². The number of hydrogen-bond acceptors (Lipinski definition) is 3. The molecular weight excluding hydrogens is 332 g/mol. The Bertz CT molecular complexity index is 555. The molecule has 0 aliphatic carbocycles. The van der Waals surface area contributed by atoms with E-state index in [0.29, 0.717) is 17.1 Å². The summed E-state index contributed by atoms with van der Waals surface area (Å²) in [4.78, 5) is 22.8. The number of carbonyl (C=O) groups is 2. The van der Waals surface area contributed by atoms with Crippen LogP contribution in [0.15, 0.2) is 12.1 Å². The van der Waals surface area contributed by atoms with Gasteiger partial charge in [-0.3, -0.25) is 9.59 Å². The van der Waals surface area contributed by atoms with Gasteiger partial charge < -0.3 is 16.0 Å². The van der Waals surface area contributed by atoms with Crippen molar-refractivity contribution in [3.05, 3.63) is 33.6 Å². The Morgan fingerprint density at radius 2 is 1.77 bits per heavy atom. The minimum absolute atomic E-state index is 0.0266. The van der Waals surface area contributed by atoms with Gasteiger partial charge in [0.05, 0.1) is 18.1 Å². The van der Waals surface area contributed by atoms with Gasteiger partial charge in [-0.25, -0.2) is 4.39 Å². The number of benzene rings is 1. The van der Waals surface area contributed by atoms with Gasteiger partial charge >= 0.3 is 0 Å². The van der Waals surface area contributed by atoms with Crippen LogP contribution in [0, 0.1) is 5.82 Å². The maximum atomic E-state index is 13.5. The number of amides is 2. The smallest absolute Gasteiger partial charge is 0.239 e. The molecule has 0 aliphatic rings. The lowest BCUT2D eigenvalue weighted by atomic mass is 10.1. The molecule has 122 valence electrons. The van der Waals surface area contributed by atoms with Crippen LogP contribution in [0.4, 0.5) is 4.39 Å². The number of nitrogens with one attached hydrogen (secondary N) is 3. The Morgan fingerprint density at radius 3 is 2.41 bits per heavy atom. The summed E-state index contributed by atoms with van der Waals surface area (Å²) in [5.74, 6) is -1.18. The Kier molecular flexibility index (Phi) is 7.58. The second-order valence-corrected chi connectivity index (χ2v) is 5.44. The second kappa shape index (κ2) is 8.92. The quantitative estimate of drug-likeness (QED) is 0.659. The fourth-order valence-electron chi connectivity index (χ4n) is 1.73. The van der Waals surface area contributed by atoms with Crippen LogP contribution in [0.3, 0.4) is 0 Å². The van der Waals surface area contributed by atoms with Crippen molar-refractivity contribution in [1.29, 1.82) is 0 Å². The summed E-state index contributed by atoms with van der Waals surface area (Å²) in [5, 5.41) is 8.20. The predicted octanol–water partition coefficient (Wildman–Crippen LogP) is 2.04. The molecule has 0 spiro atoms. The highest BCUT2D eigenvalue weighted by molar-refractivity contribution is 6.35. The van der Waals surface area contributed by atoms with Crippen LogP contribution < -0.4 is 16.0 Å². The fraction of sp³-hybridized carbons (Fsp3) is 0.429. The summed E-state index contributed by atoms with van der Waals surface area (Å²) in [7, 11) is 0. The number of likely N-dealkylation sites (N-methyl/N-ethyl adjacent to an activating group) is 1. The predicted molar refractivity (Wildman–Crippen MR) is 84.5 cm³/mol. The largest absolute Gasteiger partial charge is 0.355 e. The van der Waals surface area contributed by atoms with Gasteiger partial charge in [0.25, 0.3) is 0 Å². The number of halogens is 3. The second-order valence-electron chi connectivity index (χ2n) is 4.62. The SMILES string of the molecule is CCNC(=O)CNC(=O)CN[C@H](C)c1cc(F)c(Cl)cc1Cl. The van der Waals surface area contributed by atoms with Crippen molar-refractivity contribution in [2.24, 2.45) is 0 Å². The summed E-state index contributed by atoms with van der Waals surface area (Å²) in [6, 6.07) is 2.20. The van der Waals surface area contributed by atoms with Crippen LogP contribution in [-0.4, -0.2) is 31.4 Å². The van der Waals surface area contributed by atoms with Gasteiger partial charge in [-0.15, -0.1) is 0 Å². The molecule has 0 saturated heterocycles. The maximum Gasteiger partial charge on any atom is 0.239 e. The third-order valence-corrected chi connectivity index (χ3v) is 3.51. The molecule has 2 amide bonds. The van der Waals surface area contributed by atoms with Gasteiger partial charge in [0.2, 0.25) is 11.8 Å². The van der Waals surface area contributed by atoms with E-state index in [9.17, 15) is 14.0 Å². The molecule has 0 aromatic heterocycles. The first-order valence-corrected chi connectivity index (χ1v) is 7.52. The van der Waals surface area contributed by atoms with E-state index in [1.54, 1.807) is 13.8 Å². The Labute approximate surface area is 138 Å². The lowest BCUT2D eigenvalue weighted by molar-refractivity contribution is -0.125. The normalized spacial score (nSPS) is 11.9. The van der Waals surface area contributed by atoms with E-state index < -0.39 is 5.82 Å². The molecular formula is C14H18Cl2FN3O2. The summed E-state index contributed by atoms with van der Waals surface area (Å²) in [6.45, 7) is 3.93. The zero-order valence-corrected chi connectivity index (χ0v) is 13.8. The number of rotatable bonds is 7. The molecule has 0 bridgehead atoms. The molecule has 1 aromatic carbocycles. The van der Waals surface area contributed by atoms with Gasteiger partial charge in [-0.05, 0) is 31.5 Å². The van der Waals surface area contributed by atoms with E-state index in [2.05, 4.69) is 16.0 Å². The van der Waals surface area contributed by atoms with Crippen LogP contribution in [0.25, 0.3) is 0 Å². The van der Waals surface area contributed by atoms with Crippen molar-refractivity contribution in [1.82, 2.24) is 16.0 Å². The number of carbonyl (C=O) groups excluding carboxylic acids is 2. The standard InChI is InChI=1S/C14H18Cl2FN3O2/c1-3-18-13(21)7-20-14(22)6-19-8(2)9-4-12(17)11(16)5-10(9)15/h4-5,8,19H,3,6-7H2,1-2H3,(H,18,21)(H,20,22)/t8-/m1/s1. The van der Waals surface area contributed by atoms with Crippen LogP contribution in [-0.2, 0) is 9.59 Å². The highest BCUT2D eigenvalue weighted by Gasteiger charge is 2.14. The third kappa shape index (κ3) is 5.79.